The molecule has 0 spiro atoms. The molecule has 3 aromatic heterocycles. The van der Waals surface area contributed by atoms with Crippen LogP contribution in [0.15, 0.2) is 35.7 Å². The first-order valence-electron chi connectivity index (χ1n) is 8.57. The number of nitrogens with one attached hydrogen (secondary N) is 2. The third kappa shape index (κ3) is 3.63. The van der Waals surface area contributed by atoms with Gasteiger partial charge >= 0.3 is 0 Å². The third-order valence-electron chi connectivity index (χ3n) is 4.39. The summed E-state index contributed by atoms with van der Waals surface area (Å²) < 4.78 is 0. The van der Waals surface area contributed by atoms with E-state index in [1.807, 2.05) is 30.5 Å². The number of halogens is 2. The molecular weight excluding hydrogens is 415 g/mol. The zero-order valence-corrected chi connectivity index (χ0v) is 17.5. The minimum absolute atomic E-state index is 0.0337. The van der Waals surface area contributed by atoms with Crippen molar-refractivity contribution in [3.63, 3.8) is 0 Å². The topological polar surface area (TPSA) is 70.7 Å². The van der Waals surface area contributed by atoms with Crippen molar-refractivity contribution >= 4 is 56.5 Å². The molecule has 8 heteroatoms. The van der Waals surface area contributed by atoms with E-state index >= 15 is 0 Å². The van der Waals surface area contributed by atoms with Gasteiger partial charge < -0.3 is 10.3 Å². The van der Waals surface area contributed by atoms with Crippen LogP contribution in [0.1, 0.15) is 17.0 Å². The minimum atomic E-state index is -0.244. The van der Waals surface area contributed by atoms with Crippen molar-refractivity contribution in [1.82, 2.24) is 15.0 Å². The predicted molar refractivity (Wildman–Crippen MR) is 115 cm³/mol. The van der Waals surface area contributed by atoms with E-state index in [9.17, 15) is 4.79 Å². The molecule has 0 aliphatic rings. The van der Waals surface area contributed by atoms with Gasteiger partial charge in [-0.2, -0.15) is 0 Å². The lowest BCUT2D eigenvalue weighted by Crippen LogP contribution is -2.15. The Morgan fingerprint density at radius 1 is 1.21 bits per heavy atom. The number of nitrogens with zero attached hydrogens (tertiary/aromatic N) is 2. The van der Waals surface area contributed by atoms with Crippen molar-refractivity contribution < 1.29 is 4.79 Å². The summed E-state index contributed by atoms with van der Waals surface area (Å²) >= 11 is 13.7. The average molecular weight is 431 g/mol. The molecule has 3 heterocycles. The quantitative estimate of drug-likeness (QED) is 0.402. The van der Waals surface area contributed by atoms with Crippen LogP contribution in [0.2, 0.25) is 10.2 Å². The molecule has 0 saturated heterocycles. The van der Waals surface area contributed by atoms with Gasteiger partial charge in [-0.15, -0.1) is 11.3 Å². The van der Waals surface area contributed by atoms with Crippen LogP contribution in [0.5, 0.6) is 0 Å². The molecule has 4 rings (SSSR count). The Morgan fingerprint density at radius 2 is 2.00 bits per heavy atom. The van der Waals surface area contributed by atoms with E-state index in [1.54, 1.807) is 13.0 Å². The van der Waals surface area contributed by atoms with Crippen LogP contribution in [-0.4, -0.2) is 20.9 Å². The first kappa shape index (κ1) is 18.9. The molecule has 1 aromatic carbocycles. The number of rotatable bonds is 4. The summed E-state index contributed by atoms with van der Waals surface area (Å²) in [4.78, 5) is 24.6. The number of carbonyl (C=O) groups excluding carboxylic acids is 1. The van der Waals surface area contributed by atoms with Crippen molar-refractivity contribution in [2.24, 2.45) is 0 Å². The molecule has 142 valence electrons. The number of hydrogen-bond acceptors (Lipinski definition) is 4. The van der Waals surface area contributed by atoms with E-state index < -0.39 is 0 Å². The Labute approximate surface area is 175 Å². The van der Waals surface area contributed by atoms with Crippen LogP contribution < -0.4 is 5.32 Å². The molecule has 4 aromatic rings. The molecule has 1 amide bonds. The van der Waals surface area contributed by atoms with Crippen molar-refractivity contribution in [3.05, 3.63) is 62.8 Å². The highest BCUT2D eigenvalue weighted by Crippen LogP contribution is 2.34. The van der Waals surface area contributed by atoms with E-state index in [4.69, 9.17) is 23.2 Å². The molecule has 2 N–H and O–H groups in total. The number of thiazole rings is 1. The first-order valence-corrected chi connectivity index (χ1v) is 10.2. The number of para-hydroxylation sites is 1. The van der Waals surface area contributed by atoms with Crippen LogP contribution in [0.25, 0.3) is 22.2 Å². The Kier molecular flexibility index (Phi) is 5.10. The lowest BCUT2D eigenvalue weighted by molar-refractivity contribution is -0.115. The highest BCUT2D eigenvalue weighted by molar-refractivity contribution is 7.14. The summed E-state index contributed by atoms with van der Waals surface area (Å²) in [6.45, 7) is 3.81. The lowest BCUT2D eigenvalue weighted by Gasteiger charge is -2.07. The van der Waals surface area contributed by atoms with Gasteiger partial charge in [0, 0.05) is 43.8 Å². The maximum Gasteiger partial charge on any atom is 0.230 e. The number of hydrogen-bond donors (Lipinski definition) is 2. The number of H-pyrrole nitrogens is 1. The smallest absolute Gasteiger partial charge is 0.230 e. The summed E-state index contributed by atoms with van der Waals surface area (Å²) in [6.07, 6.45) is 0.0337. The van der Waals surface area contributed by atoms with Crippen LogP contribution in [0.3, 0.4) is 0 Å². The molecule has 0 aliphatic heterocycles. The maximum atomic E-state index is 12.5. The van der Waals surface area contributed by atoms with E-state index in [0.29, 0.717) is 21.4 Å². The van der Waals surface area contributed by atoms with Crippen LogP contribution in [0, 0.1) is 13.8 Å². The number of amides is 1. The molecule has 0 fully saturated rings. The summed E-state index contributed by atoms with van der Waals surface area (Å²) in [5.41, 5.74) is 5.18. The molecule has 0 aliphatic carbocycles. The molecule has 0 radical (unpaired) electrons. The number of aryl methyl sites for hydroxylation is 2. The van der Waals surface area contributed by atoms with E-state index in [2.05, 4.69) is 26.3 Å². The van der Waals surface area contributed by atoms with Crippen LogP contribution >= 0.6 is 34.5 Å². The highest BCUT2D eigenvalue weighted by Gasteiger charge is 2.16. The van der Waals surface area contributed by atoms with Gasteiger partial charge in [-0.1, -0.05) is 41.4 Å². The fourth-order valence-corrected chi connectivity index (χ4v) is 4.54. The van der Waals surface area contributed by atoms with Gasteiger partial charge in [0.25, 0.3) is 0 Å². The number of carbonyl (C=O) groups is 1. The van der Waals surface area contributed by atoms with Crippen molar-refractivity contribution in [2.75, 3.05) is 5.32 Å². The summed E-state index contributed by atoms with van der Waals surface area (Å²) in [5, 5.41) is 7.06. The van der Waals surface area contributed by atoms with Gasteiger partial charge in [0.1, 0.15) is 5.15 Å². The normalized spacial score (nSPS) is 11.1. The molecule has 0 atom stereocenters. The standard InChI is InChI=1S/C20H16Cl2N4OS/c1-10-7-14(21)13(19(22)23-10)8-17(27)26-20-25-16(9-28-20)18-11(2)24-15-6-4-3-5-12(15)18/h3-7,9,24H,8H2,1-2H3,(H,25,26,27). The zero-order valence-electron chi connectivity index (χ0n) is 15.1. The SMILES string of the molecule is Cc1cc(Cl)c(CC(=O)Nc2nc(-c3c(C)[nH]c4ccccc34)cs2)c(Cl)n1. The van der Waals surface area contributed by atoms with E-state index in [0.717, 1.165) is 27.9 Å². The number of anilines is 1. The molecular formula is C20H16Cl2N4OS. The molecule has 0 saturated carbocycles. The van der Waals surface area contributed by atoms with Gasteiger partial charge in [-0.05, 0) is 26.0 Å². The zero-order chi connectivity index (χ0) is 19.8. The highest BCUT2D eigenvalue weighted by atomic mass is 35.5. The van der Waals surface area contributed by atoms with Gasteiger partial charge in [-0.25, -0.2) is 9.97 Å². The van der Waals surface area contributed by atoms with Crippen LogP contribution in [0.4, 0.5) is 5.13 Å². The van der Waals surface area contributed by atoms with E-state index in [1.165, 1.54) is 11.3 Å². The second-order valence-corrected chi connectivity index (χ2v) is 8.07. The second-order valence-electron chi connectivity index (χ2n) is 6.45. The van der Waals surface area contributed by atoms with Gasteiger partial charge in [0.05, 0.1) is 12.1 Å². The number of pyridine rings is 1. The van der Waals surface area contributed by atoms with Crippen molar-refractivity contribution in [3.8, 4) is 11.3 Å². The Balaban J connectivity index is 1.55. The molecule has 28 heavy (non-hydrogen) atoms. The summed E-state index contributed by atoms with van der Waals surface area (Å²) in [7, 11) is 0. The fraction of sp³-hybridized carbons (Fsp3) is 0.150. The van der Waals surface area contributed by atoms with Crippen molar-refractivity contribution in [1.29, 1.82) is 0 Å². The number of aromatic nitrogens is 3. The Morgan fingerprint density at radius 3 is 2.79 bits per heavy atom. The fourth-order valence-electron chi connectivity index (χ4n) is 3.16. The van der Waals surface area contributed by atoms with Crippen molar-refractivity contribution in [2.45, 2.75) is 20.3 Å². The predicted octanol–water partition coefficient (Wildman–Crippen LogP) is 5.79. The van der Waals surface area contributed by atoms with Crippen LogP contribution in [-0.2, 0) is 11.2 Å². The minimum Gasteiger partial charge on any atom is -0.358 e. The molecule has 0 unspecified atom stereocenters. The van der Waals surface area contributed by atoms with Gasteiger partial charge in [0.2, 0.25) is 5.91 Å². The second kappa shape index (κ2) is 7.54. The molecule has 0 bridgehead atoms. The lowest BCUT2D eigenvalue weighted by atomic mass is 10.1. The first-order chi connectivity index (χ1) is 13.4. The van der Waals surface area contributed by atoms with Gasteiger partial charge in [-0.3, -0.25) is 4.79 Å². The maximum absolute atomic E-state index is 12.5. The monoisotopic (exact) mass is 430 g/mol. The largest absolute Gasteiger partial charge is 0.358 e. The number of aromatic amines is 1. The number of benzene rings is 1. The summed E-state index contributed by atoms with van der Waals surface area (Å²) in [5.74, 6) is -0.244. The van der Waals surface area contributed by atoms with Gasteiger partial charge in [0.15, 0.2) is 5.13 Å². The molecule has 5 nitrogen and oxygen atoms in total. The van der Waals surface area contributed by atoms with E-state index in [-0.39, 0.29) is 17.5 Å². The Hall–Kier alpha value is -2.41. The number of fused-ring (bicyclic) bond motifs is 1. The summed E-state index contributed by atoms with van der Waals surface area (Å²) in [6, 6.07) is 9.77. The Bertz CT molecular complexity index is 1180. The third-order valence-corrected chi connectivity index (χ3v) is 5.79. The average Bonchev–Trinajstić information content (AvgIpc) is 3.20.